The first-order valence-electron chi connectivity index (χ1n) is 11.3. The highest BCUT2D eigenvalue weighted by Gasteiger charge is 2.51. The van der Waals surface area contributed by atoms with Crippen molar-refractivity contribution < 1.29 is 13.6 Å². The molecule has 1 spiro atoms. The van der Waals surface area contributed by atoms with Crippen molar-refractivity contribution in [1.29, 1.82) is 0 Å². The molecule has 2 aliphatic heterocycles. The van der Waals surface area contributed by atoms with Gasteiger partial charge in [-0.2, -0.15) is 0 Å². The first kappa shape index (κ1) is 21.1. The van der Waals surface area contributed by atoms with Gasteiger partial charge in [0, 0.05) is 24.7 Å². The molecule has 1 N–H and O–H groups in total. The molecule has 0 radical (unpaired) electrons. The summed E-state index contributed by atoms with van der Waals surface area (Å²) in [5.41, 5.74) is 0.977. The Balaban J connectivity index is 1.35. The summed E-state index contributed by atoms with van der Waals surface area (Å²) < 4.78 is 28.8. The number of halogens is 2. The van der Waals surface area contributed by atoms with Crippen molar-refractivity contribution >= 4 is 17.5 Å². The van der Waals surface area contributed by atoms with Gasteiger partial charge < -0.3 is 10.2 Å². The molecule has 2 saturated heterocycles. The van der Waals surface area contributed by atoms with Crippen molar-refractivity contribution in [3.63, 3.8) is 0 Å². The molecule has 1 aromatic heterocycles. The third-order valence-electron chi connectivity index (χ3n) is 7.61. The van der Waals surface area contributed by atoms with Gasteiger partial charge in [0.1, 0.15) is 5.82 Å². The van der Waals surface area contributed by atoms with E-state index in [0.717, 1.165) is 56.4 Å². The van der Waals surface area contributed by atoms with Crippen LogP contribution in [0.1, 0.15) is 37.7 Å². The van der Waals surface area contributed by atoms with Crippen molar-refractivity contribution in [1.82, 2.24) is 15.2 Å². The van der Waals surface area contributed by atoms with Crippen LogP contribution in [0.4, 0.5) is 25.1 Å². The SMILES string of the molecule is CN(C)[C@]1(c2cccc(F)c2)CC[C@]2(CC1)CN(c1ncc(N3CCC3)cc1F)C(=O)N2. The van der Waals surface area contributed by atoms with Crippen LogP contribution < -0.4 is 15.1 Å². The van der Waals surface area contributed by atoms with E-state index < -0.39 is 11.4 Å². The lowest BCUT2D eigenvalue weighted by atomic mass is 9.69. The van der Waals surface area contributed by atoms with Gasteiger partial charge in [-0.05, 0) is 63.9 Å². The standard InChI is InChI=1S/C24H29F2N5O/c1-29(2)24(17-5-3-6-18(25)13-17)9-7-23(8-10-24)16-31(22(32)28-23)21-20(26)14-19(15-27-21)30-11-4-12-30/h3,5-6,13-15H,4,7-12,16H2,1-2H3,(H,28,32)/t23-,24+. The molecule has 5 rings (SSSR count). The maximum Gasteiger partial charge on any atom is 0.323 e. The number of hydrogen-bond acceptors (Lipinski definition) is 4. The van der Waals surface area contributed by atoms with E-state index in [1.807, 2.05) is 20.2 Å². The Morgan fingerprint density at radius 2 is 1.84 bits per heavy atom. The fraction of sp³-hybridized carbons (Fsp3) is 0.500. The van der Waals surface area contributed by atoms with Crippen molar-refractivity contribution in [2.45, 2.75) is 43.2 Å². The van der Waals surface area contributed by atoms with Gasteiger partial charge in [-0.15, -0.1) is 0 Å². The predicted molar refractivity (Wildman–Crippen MR) is 120 cm³/mol. The van der Waals surface area contributed by atoms with Crippen LogP contribution in [0, 0.1) is 11.6 Å². The second-order valence-electron chi connectivity index (χ2n) is 9.57. The van der Waals surface area contributed by atoms with E-state index in [1.165, 1.54) is 17.0 Å². The highest BCUT2D eigenvalue weighted by atomic mass is 19.1. The number of benzene rings is 1. The van der Waals surface area contributed by atoms with E-state index in [0.29, 0.717) is 6.54 Å². The van der Waals surface area contributed by atoms with Crippen LogP contribution in [0.3, 0.4) is 0 Å². The molecule has 3 fully saturated rings. The number of nitrogens with one attached hydrogen (secondary N) is 1. The monoisotopic (exact) mass is 441 g/mol. The third-order valence-corrected chi connectivity index (χ3v) is 7.61. The zero-order valence-corrected chi connectivity index (χ0v) is 18.6. The van der Waals surface area contributed by atoms with Crippen LogP contribution in [0.15, 0.2) is 36.5 Å². The number of pyridine rings is 1. The summed E-state index contributed by atoms with van der Waals surface area (Å²) in [6, 6.07) is 7.95. The molecule has 8 heteroatoms. The van der Waals surface area contributed by atoms with Gasteiger partial charge >= 0.3 is 6.03 Å². The fourth-order valence-electron chi connectivity index (χ4n) is 5.44. The molecular weight excluding hydrogens is 412 g/mol. The number of anilines is 2. The molecular formula is C24H29F2N5O. The van der Waals surface area contributed by atoms with Gasteiger partial charge in [0.25, 0.3) is 0 Å². The van der Waals surface area contributed by atoms with E-state index in [2.05, 4.69) is 20.1 Å². The molecule has 6 nitrogen and oxygen atoms in total. The average Bonchev–Trinajstić information content (AvgIpc) is 3.03. The number of carbonyl (C=O) groups is 1. The predicted octanol–water partition coefficient (Wildman–Crippen LogP) is 3.87. The molecule has 1 aromatic carbocycles. The summed E-state index contributed by atoms with van der Waals surface area (Å²) in [6.07, 6.45) is 5.72. The number of nitrogens with zero attached hydrogens (tertiary/aromatic N) is 4. The van der Waals surface area contributed by atoms with Gasteiger partial charge in [0.15, 0.2) is 11.6 Å². The molecule has 2 amide bonds. The average molecular weight is 442 g/mol. The maximum atomic E-state index is 14.9. The molecule has 32 heavy (non-hydrogen) atoms. The topological polar surface area (TPSA) is 51.7 Å². The first-order chi connectivity index (χ1) is 15.3. The summed E-state index contributed by atoms with van der Waals surface area (Å²) in [6.45, 7) is 2.20. The Kier molecular flexibility index (Phi) is 5.08. The van der Waals surface area contributed by atoms with Crippen LogP contribution in [0.25, 0.3) is 0 Å². The molecule has 3 aliphatic rings. The Morgan fingerprint density at radius 3 is 2.44 bits per heavy atom. The lowest BCUT2D eigenvalue weighted by Crippen LogP contribution is -2.54. The second kappa shape index (κ2) is 7.69. The van der Waals surface area contributed by atoms with Gasteiger partial charge in [0.05, 0.1) is 24.0 Å². The second-order valence-corrected chi connectivity index (χ2v) is 9.57. The largest absolute Gasteiger partial charge is 0.370 e. The van der Waals surface area contributed by atoms with Crippen molar-refractivity contribution in [3.8, 4) is 0 Å². The number of amides is 2. The normalized spacial score (nSPS) is 27.7. The molecule has 2 aromatic rings. The highest BCUT2D eigenvalue weighted by molar-refractivity contribution is 5.94. The summed E-state index contributed by atoms with van der Waals surface area (Å²) in [4.78, 5) is 22.8. The maximum absolute atomic E-state index is 14.9. The summed E-state index contributed by atoms with van der Waals surface area (Å²) in [7, 11) is 4.03. The van der Waals surface area contributed by atoms with E-state index in [1.54, 1.807) is 18.3 Å². The summed E-state index contributed by atoms with van der Waals surface area (Å²) >= 11 is 0. The Bertz CT molecular complexity index is 1030. The van der Waals surface area contributed by atoms with Crippen LogP contribution >= 0.6 is 0 Å². The molecule has 170 valence electrons. The molecule has 1 saturated carbocycles. The minimum Gasteiger partial charge on any atom is -0.370 e. The molecule has 3 heterocycles. The quantitative estimate of drug-likeness (QED) is 0.783. The minimum atomic E-state index is -0.472. The Hall–Kier alpha value is -2.74. The van der Waals surface area contributed by atoms with Crippen LogP contribution in [0.2, 0.25) is 0 Å². The van der Waals surface area contributed by atoms with E-state index >= 15 is 0 Å². The van der Waals surface area contributed by atoms with Gasteiger partial charge in [-0.1, -0.05) is 12.1 Å². The van der Waals surface area contributed by atoms with Crippen LogP contribution in [-0.2, 0) is 5.54 Å². The molecule has 0 unspecified atom stereocenters. The lowest BCUT2D eigenvalue weighted by molar-refractivity contribution is 0.0655. The van der Waals surface area contributed by atoms with E-state index in [4.69, 9.17) is 0 Å². The minimum absolute atomic E-state index is 0.0817. The summed E-state index contributed by atoms with van der Waals surface area (Å²) in [5, 5.41) is 3.12. The number of carbonyl (C=O) groups excluding carboxylic acids is 1. The lowest BCUT2D eigenvalue weighted by Gasteiger charge is -2.48. The van der Waals surface area contributed by atoms with Gasteiger partial charge in [-0.25, -0.2) is 18.6 Å². The van der Waals surface area contributed by atoms with Gasteiger partial charge in [-0.3, -0.25) is 9.80 Å². The van der Waals surface area contributed by atoms with E-state index in [-0.39, 0.29) is 23.2 Å². The van der Waals surface area contributed by atoms with Crippen LogP contribution in [0.5, 0.6) is 0 Å². The number of aromatic nitrogens is 1. The number of rotatable bonds is 4. The number of urea groups is 1. The Labute approximate surface area is 187 Å². The third kappa shape index (κ3) is 3.41. The Morgan fingerprint density at radius 1 is 1.09 bits per heavy atom. The fourth-order valence-corrected chi connectivity index (χ4v) is 5.44. The van der Waals surface area contributed by atoms with Crippen LogP contribution in [-0.4, -0.2) is 55.2 Å². The zero-order chi connectivity index (χ0) is 22.5. The van der Waals surface area contributed by atoms with E-state index in [9.17, 15) is 13.6 Å². The van der Waals surface area contributed by atoms with Gasteiger partial charge in [0.2, 0.25) is 0 Å². The highest BCUT2D eigenvalue weighted by Crippen LogP contribution is 2.46. The molecule has 0 atom stereocenters. The van der Waals surface area contributed by atoms with Crippen molar-refractivity contribution in [3.05, 3.63) is 53.7 Å². The first-order valence-corrected chi connectivity index (χ1v) is 11.3. The van der Waals surface area contributed by atoms with Crippen molar-refractivity contribution in [2.24, 2.45) is 0 Å². The van der Waals surface area contributed by atoms with Crippen molar-refractivity contribution in [2.75, 3.05) is 43.5 Å². The zero-order valence-electron chi connectivity index (χ0n) is 18.6. The number of hydrogen-bond donors (Lipinski definition) is 1. The molecule has 1 aliphatic carbocycles. The smallest absolute Gasteiger partial charge is 0.323 e. The summed E-state index contributed by atoms with van der Waals surface area (Å²) in [5.74, 6) is -0.634. The molecule has 0 bridgehead atoms.